The summed E-state index contributed by atoms with van der Waals surface area (Å²) in [5.41, 5.74) is 1.98. The zero-order chi connectivity index (χ0) is 20.2. The molecule has 4 rings (SSSR count). The molecule has 29 heavy (non-hydrogen) atoms. The lowest BCUT2D eigenvalue weighted by molar-refractivity contribution is 0.414. The normalized spacial score (nSPS) is 11.2. The standard InChI is InChI=1S/C22H20N4O2S/c1-27-17-10-7-15(8-11-17)13-21-24-25-22(29)26(21)23-14-19-18-6-4-3-5-16(18)9-12-20(19)28-2/h3-12,14H,13H2,1-2H3,(H,25,29). The third kappa shape index (κ3) is 3.90. The van der Waals surface area contributed by atoms with E-state index in [9.17, 15) is 0 Å². The number of nitrogens with one attached hydrogen (secondary N) is 1. The Labute approximate surface area is 173 Å². The van der Waals surface area contributed by atoms with Gasteiger partial charge in [0.1, 0.15) is 11.5 Å². The first-order chi connectivity index (χ1) is 14.2. The van der Waals surface area contributed by atoms with Crippen molar-refractivity contribution in [1.82, 2.24) is 14.9 Å². The second-order valence-corrected chi connectivity index (χ2v) is 6.82. The minimum Gasteiger partial charge on any atom is -0.497 e. The number of methoxy groups -OCH3 is 2. The van der Waals surface area contributed by atoms with Gasteiger partial charge >= 0.3 is 0 Å². The number of benzene rings is 3. The van der Waals surface area contributed by atoms with Gasteiger partial charge in [0.15, 0.2) is 5.82 Å². The quantitative estimate of drug-likeness (QED) is 0.377. The highest BCUT2D eigenvalue weighted by atomic mass is 32.1. The Morgan fingerprint density at radius 2 is 1.83 bits per heavy atom. The van der Waals surface area contributed by atoms with Gasteiger partial charge in [0, 0.05) is 12.0 Å². The van der Waals surface area contributed by atoms with Crippen LogP contribution in [0.15, 0.2) is 65.8 Å². The summed E-state index contributed by atoms with van der Waals surface area (Å²) in [5, 5.41) is 14.0. The summed E-state index contributed by atoms with van der Waals surface area (Å²) in [6.45, 7) is 0. The van der Waals surface area contributed by atoms with Crippen molar-refractivity contribution in [1.29, 1.82) is 0 Å². The van der Waals surface area contributed by atoms with Gasteiger partial charge in [0.2, 0.25) is 4.77 Å². The van der Waals surface area contributed by atoms with Gasteiger partial charge in [0.25, 0.3) is 0 Å². The SMILES string of the molecule is COc1ccc(Cc2n[nH]c(=S)n2N=Cc2c(OC)ccc3ccccc23)cc1. The summed E-state index contributed by atoms with van der Waals surface area (Å²) in [5.74, 6) is 2.28. The average Bonchev–Trinajstić information content (AvgIpc) is 3.11. The molecule has 1 aromatic heterocycles. The number of fused-ring (bicyclic) bond motifs is 1. The molecule has 146 valence electrons. The Bertz CT molecular complexity index is 1230. The molecule has 0 saturated heterocycles. The van der Waals surface area contributed by atoms with Crippen LogP contribution in [0.5, 0.6) is 11.5 Å². The Balaban J connectivity index is 1.70. The molecular weight excluding hydrogens is 384 g/mol. The highest BCUT2D eigenvalue weighted by Crippen LogP contribution is 2.26. The maximum atomic E-state index is 5.54. The predicted octanol–water partition coefficient (Wildman–Crippen LogP) is 4.58. The minimum atomic E-state index is 0.434. The van der Waals surface area contributed by atoms with Crippen LogP contribution in [0.2, 0.25) is 0 Å². The van der Waals surface area contributed by atoms with E-state index >= 15 is 0 Å². The Morgan fingerprint density at radius 1 is 1.03 bits per heavy atom. The molecule has 0 spiro atoms. The number of aromatic amines is 1. The molecule has 0 saturated carbocycles. The molecular formula is C22H20N4O2S. The fraction of sp³-hybridized carbons (Fsp3) is 0.136. The Kier molecular flexibility index (Phi) is 5.39. The van der Waals surface area contributed by atoms with E-state index < -0.39 is 0 Å². The molecule has 6 nitrogen and oxygen atoms in total. The summed E-state index contributed by atoms with van der Waals surface area (Å²) < 4.78 is 12.8. The zero-order valence-corrected chi connectivity index (χ0v) is 16.9. The van der Waals surface area contributed by atoms with Gasteiger partial charge in [-0.05, 0) is 46.8 Å². The van der Waals surface area contributed by atoms with Crippen molar-refractivity contribution in [2.45, 2.75) is 6.42 Å². The molecule has 0 aliphatic heterocycles. The summed E-state index contributed by atoms with van der Waals surface area (Å²) in [6.07, 6.45) is 2.35. The number of aromatic nitrogens is 3. The van der Waals surface area contributed by atoms with Crippen LogP contribution in [0.25, 0.3) is 10.8 Å². The van der Waals surface area contributed by atoms with E-state index in [1.54, 1.807) is 25.1 Å². The van der Waals surface area contributed by atoms with E-state index in [4.69, 9.17) is 21.7 Å². The maximum absolute atomic E-state index is 5.54. The molecule has 7 heteroatoms. The van der Waals surface area contributed by atoms with Crippen LogP contribution in [0.3, 0.4) is 0 Å². The predicted molar refractivity (Wildman–Crippen MR) is 117 cm³/mol. The van der Waals surface area contributed by atoms with E-state index in [0.29, 0.717) is 11.2 Å². The highest BCUT2D eigenvalue weighted by Gasteiger charge is 2.09. The number of nitrogens with zero attached hydrogens (tertiary/aromatic N) is 3. The van der Waals surface area contributed by atoms with E-state index in [0.717, 1.165) is 39.2 Å². The molecule has 0 bridgehead atoms. The first-order valence-corrected chi connectivity index (χ1v) is 9.49. The lowest BCUT2D eigenvalue weighted by Crippen LogP contribution is -2.01. The second kappa shape index (κ2) is 8.28. The minimum absolute atomic E-state index is 0.434. The molecule has 3 aromatic carbocycles. The van der Waals surface area contributed by atoms with E-state index in [2.05, 4.69) is 21.4 Å². The number of hydrogen-bond acceptors (Lipinski definition) is 5. The van der Waals surface area contributed by atoms with E-state index in [1.165, 1.54) is 0 Å². The summed E-state index contributed by atoms with van der Waals surface area (Å²) in [7, 11) is 3.30. The Hall–Kier alpha value is -3.45. The molecule has 0 aliphatic carbocycles. The van der Waals surface area contributed by atoms with Gasteiger partial charge in [-0.25, -0.2) is 0 Å². The first-order valence-electron chi connectivity index (χ1n) is 9.09. The first kappa shape index (κ1) is 18.9. The van der Waals surface area contributed by atoms with Gasteiger partial charge in [-0.15, -0.1) is 0 Å². The van der Waals surface area contributed by atoms with Crippen molar-refractivity contribution < 1.29 is 9.47 Å². The summed E-state index contributed by atoms with van der Waals surface area (Å²) in [4.78, 5) is 0. The number of rotatable bonds is 6. The summed E-state index contributed by atoms with van der Waals surface area (Å²) in [6, 6.07) is 19.9. The van der Waals surface area contributed by atoms with E-state index in [-0.39, 0.29) is 0 Å². The average molecular weight is 404 g/mol. The van der Waals surface area contributed by atoms with Gasteiger partial charge in [0.05, 0.1) is 20.4 Å². The molecule has 0 fully saturated rings. The van der Waals surface area contributed by atoms with Crippen molar-refractivity contribution in [3.8, 4) is 11.5 Å². The Morgan fingerprint density at radius 3 is 2.59 bits per heavy atom. The second-order valence-electron chi connectivity index (χ2n) is 6.43. The lowest BCUT2D eigenvalue weighted by atomic mass is 10.0. The lowest BCUT2D eigenvalue weighted by Gasteiger charge is -2.08. The van der Waals surface area contributed by atoms with Gasteiger partial charge in [-0.2, -0.15) is 14.9 Å². The van der Waals surface area contributed by atoms with Crippen molar-refractivity contribution in [3.05, 3.63) is 82.4 Å². The molecule has 0 amide bonds. The topological polar surface area (TPSA) is 64.4 Å². The molecule has 0 unspecified atom stereocenters. The molecule has 0 radical (unpaired) electrons. The molecule has 4 aromatic rings. The fourth-order valence-corrected chi connectivity index (χ4v) is 3.38. The van der Waals surface area contributed by atoms with Crippen LogP contribution in [-0.4, -0.2) is 35.3 Å². The van der Waals surface area contributed by atoms with Crippen LogP contribution in [-0.2, 0) is 6.42 Å². The van der Waals surface area contributed by atoms with Crippen molar-refractivity contribution in [3.63, 3.8) is 0 Å². The van der Waals surface area contributed by atoms with Crippen molar-refractivity contribution >= 4 is 29.2 Å². The van der Waals surface area contributed by atoms with Crippen LogP contribution >= 0.6 is 12.2 Å². The number of hydrogen-bond donors (Lipinski definition) is 1. The molecule has 0 aliphatic rings. The van der Waals surface area contributed by atoms with Crippen LogP contribution in [0.4, 0.5) is 0 Å². The van der Waals surface area contributed by atoms with Crippen molar-refractivity contribution in [2.75, 3.05) is 14.2 Å². The van der Waals surface area contributed by atoms with Crippen LogP contribution in [0, 0.1) is 4.77 Å². The van der Waals surface area contributed by atoms with Gasteiger partial charge < -0.3 is 9.47 Å². The smallest absolute Gasteiger partial charge is 0.216 e. The third-order valence-electron chi connectivity index (χ3n) is 4.69. The van der Waals surface area contributed by atoms with Crippen molar-refractivity contribution in [2.24, 2.45) is 5.10 Å². The fourth-order valence-electron chi connectivity index (χ4n) is 3.19. The molecule has 1 N–H and O–H groups in total. The summed E-state index contributed by atoms with van der Waals surface area (Å²) >= 11 is 5.38. The van der Waals surface area contributed by atoms with Crippen LogP contribution in [0.1, 0.15) is 17.0 Å². The molecule has 1 heterocycles. The maximum Gasteiger partial charge on any atom is 0.216 e. The zero-order valence-electron chi connectivity index (χ0n) is 16.1. The monoisotopic (exact) mass is 404 g/mol. The van der Waals surface area contributed by atoms with Gasteiger partial charge in [-0.1, -0.05) is 42.5 Å². The van der Waals surface area contributed by atoms with Crippen LogP contribution < -0.4 is 9.47 Å². The number of ether oxygens (including phenoxy) is 2. The number of H-pyrrole nitrogens is 1. The highest BCUT2D eigenvalue weighted by molar-refractivity contribution is 7.71. The largest absolute Gasteiger partial charge is 0.497 e. The molecule has 0 atom stereocenters. The third-order valence-corrected chi connectivity index (χ3v) is 4.96. The van der Waals surface area contributed by atoms with Gasteiger partial charge in [-0.3, -0.25) is 5.10 Å². The van der Waals surface area contributed by atoms with E-state index in [1.807, 2.05) is 54.6 Å².